The van der Waals surface area contributed by atoms with Gasteiger partial charge in [0.2, 0.25) is 0 Å². The number of nitrogens with one attached hydrogen (secondary N) is 1. The molecule has 0 radical (unpaired) electrons. The van der Waals surface area contributed by atoms with Crippen LogP contribution in [0.1, 0.15) is 30.0 Å². The van der Waals surface area contributed by atoms with E-state index in [0.29, 0.717) is 5.92 Å². The van der Waals surface area contributed by atoms with Crippen molar-refractivity contribution in [1.29, 1.82) is 0 Å². The van der Waals surface area contributed by atoms with Gasteiger partial charge >= 0.3 is 0 Å². The first-order valence-electron chi connectivity index (χ1n) is 4.99. The number of hydrogen-bond acceptors (Lipinski definition) is 2. The molecule has 15 heavy (non-hydrogen) atoms. The van der Waals surface area contributed by atoms with Crippen LogP contribution in [0.15, 0.2) is 18.3 Å². The van der Waals surface area contributed by atoms with E-state index < -0.39 is 0 Å². The topological polar surface area (TPSA) is 24.9 Å². The first kappa shape index (κ1) is 14.7. The highest BCUT2D eigenvalue weighted by Crippen LogP contribution is 2.20. The molecule has 1 N–H and O–H groups in total. The van der Waals surface area contributed by atoms with Crippen LogP contribution in [0, 0.1) is 6.92 Å². The van der Waals surface area contributed by atoms with Gasteiger partial charge in [-0.1, -0.05) is 6.07 Å². The molecule has 86 valence electrons. The Balaban J connectivity index is 0.000000980. The van der Waals surface area contributed by atoms with Gasteiger partial charge in [0.15, 0.2) is 0 Å². The maximum atomic E-state index is 4.46. The Labute approximate surface area is 104 Å². The molecule has 0 bridgehead atoms. The van der Waals surface area contributed by atoms with Crippen LogP contribution in [0.4, 0.5) is 0 Å². The van der Waals surface area contributed by atoms with Crippen molar-refractivity contribution in [2.45, 2.75) is 25.7 Å². The lowest BCUT2D eigenvalue weighted by Gasteiger charge is -2.22. The van der Waals surface area contributed by atoms with Crippen LogP contribution < -0.4 is 5.32 Å². The van der Waals surface area contributed by atoms with Crippen LogP contribution >= 0.6 is 24.8 Å². The second-order valence-corrected chi connectivity index (χ2v) is 3.80. The summed E-state index contributed by atoms with van der Waals surface area (Å²) < 4.78 is 0. The Morgan fingerprint density at radius 3 is 2.67 bits per heavy atom. The van der Waals surface area contributed by atoms with E-state index >= 15 is 0 Å². The fourth-order valence-electron chi connectivity index (χ4n) is 1.83. The zero-order valence-electron chi connectivity index (χ0n) is 8.90. The monoisotopic (exact) mass is 248 g/mol. The van der Waals surface area contributed by atoms with Crippen LogP contribution in [-0.2, 0) is 0 Å². The van der Waals surface area contributed by atoms with Crippen LogP contribution in [0.5, 0.6) is 0 Å². The molecular weight excluding hydrogens is 231 g/mol. The van der Waals surface area contributed by atoms with Crippen molar-refractivity contribution in [2.24, 2.45) is 0 Å². The standard InChI is InChI=1S/C11H16N2.2ClH/c1-9-4-5-11(13-7-9)10-3-2-6-12-8-10;;/h4-5,7,10,12H,2-3,6,8H2,1H3;2*1H. The third kappa shape index (κ3) is 3.98. The molecule has 1 aromatic rings. The molecule has 0 spiro atoms. The lowest BCUT2D eigenvalue weighted by atomic mass is 9.95. The number of rotatable bonds is 1. The second kappa shape index (κ2) is 7.04. The Bertz CT molecular complexity index is 268. The third-order valence-electron chi connectivity index (χ3n) is 2.65. The number of aryl methyl sites for hydroxylation is 1. The van der Waals surface area contributed by atoms with Crippen LogP contribution in [0.25, 0.3) is 0 Å². The summed E-state index contributed by atoms with van der Waals surface area (Å²) in [7, 11) is 0. The van der Waals surface area contributed by atoms with Gasteiger partial charge in [-0.05, 0) is 37.9 Å². The molecule has 1 atom stereocenters. The van der Waals surface area contributed by atoms with E-state index in [-0.39, 0.29) is 24.8 Å². The number of pyridine rings is 1. The molecule has 1 unspecified atom stereocenters. The predicted molar refractivity (Wildman–Crippen MR) is 68.3 cm³/mol. The SMILES string of the molecule is Cc1ccc(C2CCCNC2)nc1.Cl.Cl. The van der Waals surface area contributed by atoms with Crippen molar-refractivity contribution in [2.75, 3.05) is 13.1 Å². The lowest BCUT2D eigenvalue weighted by molar-refractivity contribution is 0.454. The molecule has 1 aliphatic rings. The van der Waals surface area contributed by atoms with E-state index in [4.69, 9.17) is 0 Å². The van der Waals surface area contributed by atoms with Crippen molar-refractivity contribution in [1.82, 2.24) is 10.3 Å². The number of nitrogens with zero attached hydrogens (tertiary/aromatic N) is 1. The molecule has 0 aliphatic carbocycles. The van der Waals surface area contributed by atoms with Crippen LogP contribution in [0.3, 0.4) is 0 Å². The van der Waals surface area contributed by atoms with Gasteiger partial charge < -0.3 is 5.32 Å². The van der Waals surface area contributed by atoms with E-state index in [1.807, 2.05) is 6.20 Å². The van der Waals surface area contributed by atoms with Gasteiger partial charge in [-0.15, -0.1) is 24.8 Å². The van der Waals surface area contributed by atoms with Gasteiger partial charge in [-0.25, -0.2) is 0 Å². The molecule has 1 aliphatic heterocycles. The predicted octanol–water partition coefficient (Wildman–Crippen LogP) is 2.70. The zero-order chi connectivity index (χ0) is 9.10. The summed E-state index contributed by atoms with van der Waals surface area (Å²) in [5, 5.41) is 3.41. The Morgan fingerprint density at radius 1 is 1.33 bits per heavy atom. The summed E-state index contributed by atoms with van der Waals surface area (Å²) in [5.41, 5.74) is 2.49. The Kier molecular flexibility index (Phi) is 6.90. The van der Waals surface area contributed by atoms with Gasteiger partial charge in [0.25, 0.3) is 0 Å². The van der Waals surface area contributed by atoms with Gasteiger partial charge in [-0.3, -0.25) is 4.98 Å². The highest BCUT2D eigenvalue weighted by Gasteiger charge is 2.15. The van der Waals surface area contributed by atoms with E-state index in [0.717, 1.165) is 6.54 Å². The van der Waals surface area contributed by atoms with E-state index in [2.05, 4.69) is 29.4 Å². The molecule has 0 aromatic carbocycles. The smallest absolute Gasteiger partial charge is 0.0447 e. The van der Waals surface area contributed by atoms with Gasteiger partial charge in [0.05, 0.1) is 0 Å². The largest absolute Gasteiger partial charge is 0.316 e. The first-order chi connectivity index (χ1) is 6.36. The molecule has 4 heteroatoms. The average molecular weight is 249 g/mol. The summed E-state index contributed by atoms with van der Waals surface area (Å²) in [5.74, 6) is 0.634. The Hall–Kier alpha value is -0.310. The minimum Gasteiger partial charge on any atom is -0.316 e. The van der Waals surface area contributed by atoms with Gasteiger partial charge in [0, 0.05) is 24.4 Å². The van der Waals surface area contributed by atoms with Gasteiger partial charge in [0.1, 0.15) is 0 Å². The normalized spacial score (nSPS) is 19.9. The number of aromatic nitrogens is 1. The fourth-order valence-corrected chi connectivity index (χ4v) is 1.83. The number of hydrogen-bond donors (Lipinski definition) is 1. The molecular formula is C11H18Cl2N2. The molecule has 0 saturated carbocycles. The summed E-state index contributed by atoms with van der Waals surface area (Å²) in [6.45, 7) is 4.34. The number of halogens is 2. The van der Waals surface area contributed by atoms with Crippen LogP contribution in [-0.4, -0.2) is 18.1 Å². The maximum Gasteiger partial charge on any atom is 0.0447 e. The maximum absolute atomic E-state index is 4.46. The molecule has 1 fully saturated rings. The fraction of sp³-hybridized carbons (Fsp3) is 0.545. The van der Waals surface area contributed by atoms with E-state index in [9.17, 15) is 0 Å². The molecule has 2 heterocycles. The summed E-state index contributed by atoms with van der Waals surface area (Å²) in [6.07, 6.45) is 4.52. The second-order valence-electron chi connectivity index (χ2n) is 3.80. The lowest BCUT2D eigenvalue weighted by Crippen LogP contribution is -2.28. The first-order valence-corrected chi connectivity index (χ1v) is 4.99. The van der Waals surface area contributed by atoms with Crippen molar-refractivity contribution < 1.29 is 0 Å². The van der Waals surface area contributed by atoms with E-state index in [1.165, 1.54) is 30.6 Å². The van der Waals surface area contributed by atoms with Gasteiger partial charge in [-0.2, -0.15) is 0 Å². The third-order valence-corrected chi connectivity index (χ3v) is 2.65. The van der Waals surface area contributed by atoms with Crippen molar-refractivity contribution in [3.63, 3.8) is 0 Å². The van der Waals surface area contributed by atoms with Crippen molar-refractivity contribution in [3.8, 4) is 0 Å². The quantitative estimate of drug-likeness (QED) is 0.827. The average Bonchev–Trinajstić information content (AvgIpc) is 2.20. The molecule has 2 nitrogen and oxygen atoms in total. The molecule has 0 amide bonds. The molecule has 2 rings (SSSR count). The molecule has 1 aromatic heterocycles. The summed E-state index contributed by atoms with van der Waals surface area (Å²) in [4.78, 5) is 4.46. The minimum atomic E-state index is 0. The molecule has 1 saturated heterocycles. The Morgan fingerprint density at radius 2 is 2.13 bits per heavy atom. The zero-order valence-corrected chi connectivity index (χ0v) is 10.5. The van der Waals surface area contributed by atoms with Crippen molar-refractivity contribution >= 4 is 24.8 Å². The van der Waals surface area contributed by atoms with Crippen molar-refractivity contribution in [3.05, 3.63) is 29.6 Å². The highest BCUT2D eigenvalue weighted by atomic mass is 35.5. The number of piperidine rings is 1. The van der Waals surface area contributed by atoms with E-state index in [1.54, 1.807) is 0 Å². The summed E-state index contributed by atoms with van der Waals surface area (Å²) >= 11 is 0. The minimum absolute atomic E-state index is 0. The highest BCUT2D eigenvalue weighted by molar-refractivity contribution is 5.85. The summed E-state index contributed by atoms with van der Waals surface area (Å²) in [6, 6.07) is 4.31. The van der Waals surface area contributed by atoms with Crippen LogP contribution in [0.2, 0.25) is 0 Å².